The molecule has 0 aliphatic rings. The van der Waals surface area contributed by atoms with Crippen LogP contribution in [-0.4, -0.2) is 44.1 Å². The van der Waals surface area contributed by atoms with E-state index in [4.69, 9.17) is 14.7 Å². The number of carbonyl (C=O) groups excluding carboxylic acids is 3. The first-order chi connectivity index (χ1) is 14.1. The molecule has 0 bridgehead atoms. The van der Waals surface area contributed by atoms with E-state index in [9.17, 15) is 14.4 Å². The second kappa shape index (κ2) is 11.1. The Morgan fingerprint density at radius 2 is 1.76 bits per heavy atom. The summed E-state index contributed by atoms with van der Waals surface area (Å²) >= 11 is 0. The molecular weight excluding hydrogens is 374 g/mol. The Hall–Kier alpha value is -3.86. The van der Waals surface area contributed by atoms with Crippen molar-refractivity contribution in [3.63, 3.8) is 0 Å². The van der Waals surface area contributed by atoms with Gasteiger partial charge in [0.25, 0.3) is 11.8 Å². The number of ether oxygens (including phenoxy) is 2. The third-order valence-electron chi connectivity index (χ3n) is 3.78. The number of nitriles is 1. The maximum absolute atomic E-state index is 12.3. The molecule has 150 valence electrons. The molecule has 2 aromatic rings. The van der Waals surface area contributed by atoms with E-state index >= 15 is 0 Å². The lowest BCUT2D eigenvalue weighted by Gasteiger charge is -2.19. The van der Waals surface area contributed by atoms with Crippen molar-refractivity contribution in [2.75, 3.05) is 31.2 Å². The molecule has 29 heavy (non-hydrogen) atoms. The topological polar surface area (TPSA) is 109 Å². The minimum absolute atomic E-state index is 0.175. The third-order valence-corrected chi connectivity index (χ3v) is 3.78. The van der Waals surface area contributed by atoms with Crippen LogP contribution in [0.2, 0.25) is 0 Å². The number of benzene rings is 2. The molecule has 8 heteroatoms. The van der Waals surface area contributed by atoms with Gasteiger partial charge in [-0.3, -0.25) is 19.3 Å². The number of carbonyl (C=O) groups is 3. The lowest BCUT2D eigenvalue weighted by atomic mass is 10.2. The van der Waals surface area contributed by atoms with Crippen molar-refractivity contribution in [1.82, 2.24) is 5.32 Å². The zero-order valence-electron chi connectivity index (χ0n) is 16.0. The Morgan fingerprint density at radius 1 is 1.07 bits per heavy atom. The molecule has 0 aromatic heterocycles. The van der Waals surface area contributed by atoms with Crippen LogP contribution in [0.5, 0.6) is 5.75 Å². The highest BCUT2D eigenvalue weighted by atomic mass is 16.5. The first kappa shape index (κ1) is 21.4. The molecule has 0 fully saturated rings. The van der Waals surface area contributed by atoms with Gasteiger partial charge in [-0.2, -0.15) is 5.26 Å². The van der Waals surface area contributed by atoms with E-state index in [0.29, 0.717) is 23.6 Å². The van der Waals surface area contributed by atoms with Crippen LogP contribution in [0.4, 0.5) is 5.69 Å². The second-order valence-corrected chi connectivity index (χ2v) is 5.75. The van der Waals surface area contributed by atoms with E-state index in [1.807, 2.05) is 6.07 Å². The molecule has 2 rings (SSSR count). The lowest BCUT2D eigenvalue weighted by molar-refractivity contribution is -0.146. The van der Waals surface area contributed by atoms with Gasteiger partial charge >= 0.3 is 5.97 Å². The van der Waals surface area contributed by atoms with Crippen LogP contribution >= 0.6 is 0 Å². The summed E-state index contributed by atoms with van der Waals surface area (Å²) in [7, 11) is 0. The number of nitrogens with zero attached hydrogens (tertiary/aromatic N) is 2. The monoisotopic (exact) mass is 395 g/mol. The van der Waals surface area contributed by atoms with E-state index in [-0.39, 0.29) is 6.54 Å². The molecule has 8 nitrogen and oxygen atoms in total. The van der Waals surface area contributed by atoms with Crippen LogP contribution in [0.15, 0.2) is 54.6 Å². The average Bonchev–Trinajstić information content (AvgIpc) is 2.75. The molecule has 0 aliphatic carbocycles. The summed E-state index contributed by atoms with van der Waals surface area (Å²) in [6.45, 7) is 1.07. The predicted octanol–water partition coefficient (Wildman–Crippen LogP) is 1.92. The maximum atomic E-state index is 12.3. The fraction of sp³-hybridized carbons (Fsp3) is 0.238. The van der Waals surface area contributed by atoms with Crippen molar-refractivity contribution in [2.24, 2.45) is 0 Å². The average molecular weight is 395 g/mol. The molecule has 0 unspecified atom stereocenters. The van der Waals surface area contributed by atoms with Gasteiger partial charge in [0.05, 0.1) is 18.2 Å². The maximum Gasteiger partial charge on any atom is 0.325 e. The molecule has 0 spiro atoms. The standard InChI is InChI=1S/C21H21N3O5/c1-2-28-18-11-7-6-10-17(18)21(27)23-14-20(26)29-15-19(25)24(13-12-22)16-8-4-3-5-9-16/h3-11H,2,13-15H2,1H3,(H,23,27). The highest BCUT2D eigenvalue weighted by Gasteiger charge is 2.18. The fourth-order valence-corrected chi connectivity index (χ4v) is 2.46. The van der Waals surface area contributed by atoms with Crippen molar-refractivity contribution >= 4 is 23.5 Å². The van der Waals surface area contributed by atoms with Crippen LogP contribution < -0.4 is 15.0 Å². The SMILES string of the molecule is CCOc1ccccc1C(=O)NCC(=O)OCC(=O)N(CC#N)c1ccccc1. The van der Waals surface area contributed by atoms with Crippen molar-refractivity contribution < 1.29 is 23.9 Å². The van der Waals surface area contributed by atoms with Gasteiger partial charge in [-0.25, -0.2) is 0 Å². The number of hydrogen-bond donors (Lipinski definition) is 1. The molecule has 0 saturated carbocycles. The number of anilines is 1. The molecular formula is C21H21N3O5. The summed E-state index contributed by atoms with van der Waals surface area (Å²) in [6, 6.07) is 17.1. The highest BCUT2D eigenvalue weighted by molar-refractivity contribution is 5.99. The third kappa shape index (κ3) is 6.36. The normalized spacial score (nSPS) is 9.79. The van der Waals surface area contributed by atoms with Crippen molar-refractivity contribution in [3.8, 4) is 11.8 Å². The first-order valence-corrected chi connectivity index (χ1v) is 8.94. The number of hydrogen-bond acceptors (Lipinski definition) is 6. The smallest absolute Gasteiger partial charge is 0.325 e. The Kier molecular flexibility index (Phi) is 8.20. The molecule has 2 amide bonds. The molecule has 0 radical (unpaired) electrons. The van der Waals surface area contributed by atoms with E-state index < -0.39 is 30.9 Å². The quantitative estimate of drug-likeness (QED) is 0.513. The summed E-state index contributed by atoms with van der Waals surface area (Å²) in [5, 5.41) is 11.4. The van der Waals surface area contributed by atoms with Crippen molar-refractivity contribution in [2.45, 2.75) is 6.92 Å². The largest absolute Gasteiger partial charge is 0.493 e. The molecule has 0 heterocycles. The van der Waals surface area contributed by atoms with Gasteiger partial charge in [-0.05, 0) is 31.2 Å². The van der Waals surface area contributed by atoms with E-state index in [1.54, 1.807) is 61.5 Å². The number of amides is 2. The lowest BCUT2D eigenvalue weighted by Crippen LogP contribution is -2.37. The Balaban J connectivity index is 1.87. The summed E-state index contributed by atoms with van der Waals surface area (Å²) < 4.78 is 10.3. The summed E-state index contributed by atoms with van der Waals surface area (Å²) in [4.78, 5) is 37.7. The number of rotatable bonds is 9. The Labute approximate surface area is 168 Å². The van der Waals surface area contributed by atoms with Gasteiger partial charge in [-0.1, -0.05) is 30.3 Å². The van der Waals surface area contributed by atoms with Gasteiger partial charge in [-0.15, -0.1) is 0 Å². The van der Waals surface area contributed by atoms with Crippen molar-refractivity contribution in [3.05, 3.63) is 60.2 Å². The fourth-order valence-electron chi connectivity index (χ4n) is 2.46. The summed E-state index contributed by atoms with van der Waals surface area (Å²) in [5.41, 5.74) is 0.818. The number of nitrogens with one attached hydrogen (secondary N) is 1. The van der Waals surface area contributed by atoms with Gasteiger partial charge in [0.15, 0.2) is 6.61 Å². The van der Waals surface area contributed by atoms with Gasteiger partial charge in [0, 0.05) is 5.69 Å². The van der Waals surface area contributed by atoms with E-state index in [0.717, 1.165) is 0 Å². The minimum atomic E-state index is -0.773. The number of esters is 1. The van der Waals surface area contributed by atoms with Gasteiger partial charge < -0.3 is 14.8 Å². The van der Waals surface area contributed by atoms with E-state index in [2.05, 4.69) is 5.32 Å². The molecule has 0 aliphatic heterocycles. The second-order valence-electron chi connectivity index (χ2n) is 5.75. The van der Waals surface area contributed by atoms with Crippen molar-refractivity contribution in [1.29, 1.82) is 5.26 Å². The van der Waals surface area contributed by atoms with E-state index in [1.165, 1.54) is 4.90 Å². The highest BCUT2D eigenvalue weighted by Crippen LogP contribution is 2.17. The first-order valence-electron chi connectivity index (χ1n) is 8.94. The molecule has 1 N–H and O–H groups in total. The molecule has 0 saturated heterocycles. The zero-order valence-corrected chi connectivity index (χ0v) is 16.0. The van der Waals surface area contributed by atoms with Crippen LogP contribution in [0.3, 0.4) is 0 Å². The van der Waals surface area contributed by atoms with Gasteiger partial charge in [0.1, 0.15) is 18.8 Å². The predicted molar refractivity (Wildman–Crippen MR) is 105 cm³/mol. The number of para-hydroxylation sites is 2. The van der Waals surface area contributed by atoms with Gasteiger partial charge in [0.2, 0.25) is 0 Å². The summed E-state index contributed by atoms with van der Waals surface area (Å²) in [6.07, 6.45) is 0. The van der Waals surface area contributed by atoms with Crippen LogP contribution in [0, 0.1) is 11.3 Å². The van der Waals surface area contributed by atoms with Crippen LogP contribution in [0.1, 0.15) is 17.3 Å². The molecule has 0 atom stereocenters. The summed E-state index contributed by atoms with van der Waals surface area (Å²) in [5.74, 6) is -1.40. The molecule has 2 aromatic carbocycles. The minimum Gasteiger partial charge on any atom is -0.493 e. The van der Waals surface area contributed by atoms with Crippen LogP contribution in [0.25, 0.3) is 0 Å². The Bertz CT molecular complexity index is 893. The Morgan fingerprint density at radius 3 is 2.45 bits per heavy atom. The zero-order chi connectivity index (χ0) is 21.1. The van der Waals surface area contributed by atoms with Crippen LogP contribution in [-0.2, 0) is 14.3 Å².